The molecule has 2 aromatic carbocycles. The molecule has 3 heterocycles. The van der Waals surface area contributed by atoms with E-state index in [4.69, 9.17) is 14.2 Å². The van der Waals surface area contributed by atoms with E-state index in [-0.39, 0.29) is 34.1 Å². The molecule has 1 amide bonds. The molecular weight excluding hydrogens is 606 g/mol. The van der Waals surface area contributed by atoms with Crippen molar-refractivity contribution in [2.24, 2.45) is 4.99 Å². The van der Waals surface area contributed by atoms with Crippen LogP contribution in [-0.2, 0) is 19.1 Å². The van der Waals surface area contributed by atoms with Crippen molar-refractivity contribution in [2.45, 2.75) is 72.8 Å². The lowest BCUT2D eigenvalue weighted by molar-refractivity contribution is -0.139. The molecule has 0 radical (unpaired) electrons. The lowest BCUT2D eigenvalue weighted by Gasteiger charge is -2.25. The summed E-state index contributed by atoms with van der Waals surface area (Å²) in [6, 6.07) is 11.5. The number of unbranched alkanes of at least 4 members (excludes halogenated alkanes) is 4. The van der Waals surface area contributed by atoms with Crippen molar-refractivity contribution >= 4 is 40.4 Å². The van der Waals surface area contributed by atoms with Crippen molar-refractivity contribution in [2.75, 3.05) is 24.7 Å². The number of carbonyl (C=O) groups is 3. The fraction of sp³-hybridized carbons (Fsp3) is 0.400. The summed E-state index contributed by atoms with van der Waals surface area (Å²) in [7, 11) is 0. The molecule has 46 heavy (non-hydrogen) atoms. The molecule has 11 heteroatoms. The van der Waals surface area contributed by atoms with Crippen molar-refractivity contribution in [3.05, 3.63) is 84.5 Å². The molecule has 0 saturated carbocycles. The van der Waals surface area contributed by atoms with Crippen LogP contribution in [0.1, 0.15) is 83.9 Å². The number of fused-ring (bicyclic) bond motifs is 2. The zero-order valence-corrected chi connectivity index (χ0v) is 27.7. The van der Waals surface area contributed by atoms with E-state index in [2.05, 4.69) is 11.9 Å². The van der Waals surface area contributed by atoms with Crippen molar-refractivity contribution in [1.82, 2.24) is 4.57 Å². The third-order valence-corrected chi connectivity index (χ3v) is 9.02. The number of ether oxygens (including phenoxy) is 3. The molecule has 5 rings (SSSR count). The number of amides is 1. The predicted octanol–water partition coefficient (Wildman–Crippen LogP) is 4.81. The molecule has 242 valence electrons. The molecule has 3 aromatic rings. The summed E-state index contributed by atoms with van der Waals surface area (Å²) in [4.78, 5) is 60.5. The molecule has 1 unspecified atom stereocenters. The first-order valence-corrected chi connectivity index (χ1v) is 16.6. The van der Waals surface area contributed by atoms with Crippen LogP contribution in [0, 0.1) is 0 Å². The number of allylic oxidation sites excluding steroid dienone is 1. The topological polar surface area (TPSA) is 117 Å². The summed E-state index contributed by atoms with van der Waals surface area (Å²) < 4.78 is 18.3. The maximum absolute atomic E-state index is 14.5. The normalized spacial score (nSPS) is 16.6. The van der Waals surface area contributed by atoms with E-state index in [0.717, 1.165) is 49.1 Å². The molecule has 10 nitrogen and oxygen atoms in total. The second kappa shape index (κ2) is 14.3. The van der Waals surface area contributed by atoms with Crippen LogP contribution < -0.4 is 29.3 Å². The number of esters is 2. The molecule has 2 aliphatic rings. The van der Waals surface area contributed by atoms with E-state index in [1.54, 1.807) is 43.9 Å². The third-order valence-electron chi connectivity index (χ3n) is 7.97. The van der Waals surface area contributed by atoms with Gasteiger partial charge in [0.2, 0.25) is 0 Å². The van der Waals surface area contributed by atoms with E-state index in [1.807, 2.05) is 24.3 Å². The van der Waals surface area contributed by atoms with Gasteiger partial charge in [-0.2, -0.15) is 0 Å². The standard InChI is InChI=1S/C35H39N3O7S/c1-6-9-10-11-14-19-37-25-16-13-12-15-24(25)29(32(37)40)31-33(41)38-30(28(34(42)44-8-3)21(4)36-35(38)46-31)23-17-18-26(45-22(5)39)27(20-23)43-7-2/h12-13,15-18,20,30H,6-11,14,19H2,1-5H3/b31-29-. The number of para-hydroxylation sites is 1. The van der Waals surface area contributed by atoms with Gasteiger partial charge in [-0.3, -0.25) is 19.0 Å². The Morgan fingerprint density at radius 3 is 2.43 bits per heavy atom. The number of hydrogen-bond donors (Lipinski definition) is 0. The fourth-order valence-corrected chi connectivity index (χ4v) is 7.09. The van der Waals surface area contributed by atoms with Crippen molar-refractivity contribution in [3.8, 4) is 11.5 Å². The van der Waals surface area contributed by atoms with Gasteiger partial charge in [0.1, 0.15) is 4.53 Å². The van der Waals surface area contributed by atoms with Gasteiger partial charge >= 0.3 is 11.9 Å². The summed E-state index contributed by atoms with van der Waals surface area (Å²) in [5.74, 6) is -0.835. The summed E-state index contributed by atoms with van der Waals surface area (Å²) in [5.41, 5.74) is 2.51. The van der Waals surface area contributed by atoms with Gasteiger partial charge in [-0.25, -0.2) is 9.79 Å². The number of anilines is 1. The van der Waals surface area contributed by atoms with Crippen LogP contribution in [0.5, 0.6) is 11.5 Å². The molecule has 0 aliphatic carbocycles. The van der Waals surface area contributed by atoms with Crippen LogP contribution >= 0.6 is 11.3 Å². The van der Waals surface area contributed by atoms with Gasteiger partial charge in [0, 0.05) is 19.0 Å². The predicted molar refractivity (Wildman–Crippen MR) is 176 cm³/mol. The van der Waals surface area contributed by atoms with Crippen LogP contribution in [0.25, 0.3) is 5.57 Å². The highest BCUT2D eigenvalue weighted by atomic mass is 32.1. The van der Waals surface area contributed by atoms with E-state index in [9.17, 15) is 19.2 Å². The Morgan fingerprint density at radius 2 is 1.72 bits per heavy atom. The quantitative estimate of drug-likeness (QED) is 0.158. The number of thiazole rings is 1. The average molecular weight is 646 g/mol. The number of nitrogens with zero attached hydrogens (tertiary/aromatic N) is 3. The first-order chi connectivity index (χ1) is 22.2. The highest BCUT2D eigenvalue weighted by molar-refractivity contribution is 7.07. The number of aromatic nitrogens is 1. The highest BCUT2D eigenvalue weighted by Crippen LogP contribution is 2.38. The van der Waals surface area contributed by atoms with Gasteiger partial charge in [-0.1, -0.05) is 68.2 Å². The number of benzene rings is 2. The monoisotopic (exact) mass is 645 g/mol. The second-order valence-electron chi connectivity index (χ2n) is 11.1. The number of carbonyl (C=O) groups excluding carboxylic acids is 3. The Kier molecular flexibility index (Phi) is 10.2. The molecule has 0 saturated heterocycles. The van der Waals surface area contributed by atoms with E-state index >= 15 is 0 Å². The molecule has 0 fully saturated rings. The Balaban J connectivity index is 1.69. The first-order valence-electron chi connectivity index (χ1n) is 15.8. The molecule has 0 spiro atoms. The van der Waals surface area contributed by atoms with Gasteiger partial charge in [-0.15, -0.1) is 0 Å². The van der Waals surface area contributed by atoms with Crippen LogP contribution in [0.15, 0.2) is 63.5 Å². The maximum Gasteiger partial charge on any atom is 0.338 e. The summed E-state index contributed by atoms with van der Waals surface area (Å²) in [6.07, 6.45) is 5.29. The van der Waals surface area contributed by atoms with Gasteiger partial charge in [-0.05, 0) is 51.0 Å². The molecule has 0 bridgehead atoms. The third kappa shape index (κ3) is 6.28. The molecule has 0 N–H and O–H groups in total. The van der Waals surface area contributed by atoms with Crippen LogP contribution in [-0.4, -0.2) is 42.2 Å². The van der Waals surface area contributed by atoms with Crippen molar-refractivity contribution < 1.29 is 28.6 Å². The lowest BCUT2D eigenvalue weighted by atomic mass is 9.95. The Labute approximate surface area is 271 Å². The SMILES string of the molecule is CCCCCCCN1C(=O)/C(=c2\sc3n(c2=O)C(c2ccc(OC(C)=O)c(OCC)c2)C(C(=O)OCC)=C(C)N=3)c2ccccc21. The second-order valence-corrected chi connectivity index (χ2v) is 12.1. The average Bonchev–Trinajstić information content (AvgIpc) is 3.49. The lowest BCUT2D eigenvalue weighted by Crippen LogP contribution is -2.41. The smallest absolute Gasteiger partial charge is 0.338 e. The van der Waals surface area contributed by atoms with Gasteiger partial charge in [0.05, 0.1) is 41.8 Å². The minimum atomic E-state index is -0.934. The van der Waals surface area contributed by atoms with E-state index in [1.165, 1.54) is 11.5 Å². The minimum Gasteiger partial charge on any atom is -0.490 e. The molecule has 2 aliphatic heterocycles. The molecular formula is C35H39N3O7S. The number of rotatable bonds is 12. The van der Waals surface area contributed by atoms with Crippen LogP contribution in [0.2, 0.25) is 0 Å². The van der Waals surface area contributed by atoms with E-state index < -0.39 is 23.5 Å². The van der Waals surface area contributed by atoms with E-state index in [0.29, 0.717) is 40.4 Å². The van der Waals surface area contributed by atoms with Crippen molar-refractivity contribution in [1.29, 1.82) is 0 Å². The highest BCUT2D eigenvalue weighted by Gasteiger charge is 2.37. The Bertz CT molecular complexity index is 1890. The Hall–Kier alpha value is -4.51. The largest absolute Gasteiger partial charge is 0.490 e. The summed E-state index contributed by atoms with van der Waals surface area (Å²) >= 11 is 1.13. The molecule has 1 aromatic heterocycles. The summed E-state index contributed by atoms with van der Waals surface area (Å²) in [5, 5.41) is 0. The first kappa shape index (κ1) is 32.9. The van der Waals surface area contributed by atoms with Gasteiger partial charge < -0.3 is 19.1 Å². The van der Waals surface area contributed by atoms with Crippen molar-refractivity contribution in [3.63, 3.8) is 0 Å². The summed E-state index contributed by atoms with van der Waals surface area (Å²) in [6.45, 7) is 9.65. The van der Waals surface area contributed by atoms with Crippen LogP contribution in [0.4, 0.5) is 5.69 Å². The van der Waals surface area contributed by atoms with Gasteiger partial charge in [0.15, 0.2) is 16.3 Å². The van der Waals surface area contributed by atoms with Gasteiger partial charge in [0.25, 0.3) is 11.5 Å². The minimum absolute atomic E-state index is 0.131. The zero-order valence-electron chi connectivity index (χ0n) is 26.9. The number of hydrogen-bond acceptors (Lipinski definition) is 9. The fourth-order valence-electron chi connectivity index (χ4n) is 5.95. The van der Waals surface area contributed by atoms with Crippen LogP contribution in [0.3, 0.4) is 0 Å². The zero-order chi connectivity index (χ0) is 33.0. The Morgan fingerprint density at radius 1 is 0.957 bits per heavy atom. The molecule has 1 atom stereocenters. The maximum atomic E-state index is 14.5.